The Labute approximate surface area is 265 Å². The van der Waals surface area contributed by atoms with Gasteiger partial charge in [0, 0.05) is 25.3 Å². The Morgan fingerprint density at radius 1 is 0.911 bits per heavy atom. The zero-order chi connectivity index (χ0) is 31.2. The van der Waals surface area contributed by atoms with Crippen LogP contribution in [0.3, 0.4) is 0 Å². The molecule has 5 aromatic rings. The number of para-hydroxylation sites is 1. The Bertz CT molecular complexity index is 1760. The average Bonchev–Trinajstić information content (AvgIpc) is 3.56. The van der Waals surface area contributed by atoms with Gasteiger partial charge in [0.25, 0.3) is 5.91 Å². The van der Waals surface area contributed by atoms with Gasteiger partial charge in [-0.05, 0) is 96.8 Å². The number of hydrogen-bond donors (Lipinski definition) is 1. The SMILES string of the molecule is CCc1cc2c(cc1CC)CN(CCc1ccc(-n3cc(COc4ccccc4C(=O)Nc4ccc(C)cc4)nn3)cc1)CC2. The van der Waals surface area contributed by atoms with Gasteiger partial charge < -0.3 is 10.1 Å². The number of aryl methyl sites for hydroxylation is 3. The van der Waals surface area contributed by atoms with Gasteiger partial charge >= 0.3 is 0 Å². The normalized spacial score (nSPS) is 13.0. The zero-order valence-corrected chi connectivity index (χ0v) is 26.4. The second-order valence-corrected chi connectivity index (χ2v) is 11.8. The molecule has 4 aromatic carbocycles. The van der Waals surface area contributed by atoms with Crippen LogP contribution in [0.2, 0.25) is 0 Å². The number of carbonyl (C=O) groups is 1. The van der Waals surface area contributed by atoms with Gasteiger partial charge in [-0.15, -0.1) is 5.10 Å². The Morgan fingerprint density at radius 2 is 1.64 bits per heavy atom. The molecule has 0 aliphatic carbocycles. The minimum atomic E-state index is -0.223. The van der Waals surface area contributed by atoms with E-state index < -0.39 is 0 Å². The third kappa shape index (κ3) is 7.32. The molecule has 45 heavy (non-hydrogen) atoms. The lowest BCUT2D eigenvalue weighted by molar-refractivity contribution is 0.102. The summed E-state index contributed by atoms with van der Waals surface area (Å²) in [5.41, 5.74) is 11.3. The van der Waals surface area contributed by atoms with Gasteiger partial charge in [0.1, 0.15) is 18.1 Å². The van der Waals surface area contributed by atoms with Crippen LogP contribution in [0.15, 0.2) is 91.1 Å². The predicted octanol–water partition coefficient (Wildman–Crippen LogP) is 7.13. The number of carbonyl (C=O) groups excluding carboxylic acids is 1. The largest absolute Gasteiger partial charge is 0.486 e. The highest BCUT2D eigenvalue weighted by molar-refractivity contribution is 6.06. The maximum atomic E-state index is 13.0. The van der Waals surface area contributed by atoms with Crippen LogP contribution in [0.5, 0.6) is 5.75 Å². The van der Waals surface area contributed by atoms with E-state index in [-0.39, 0.29) is 12.5 Å². The number of fused-ring (bicyclic) bond motifs is 1. The molecule has 2 heterocycles. The van der Waals surface area contributed by atoms with Crippen molar-refractivity contribution < 1.29 is 9.53 Å². The number of rotatable bonds is 11. The highest BCUT2D eigenvalue weighted by atomic mass is 16.5. The molecule has 1 amide bonds. The fraction of sp³-hybridized carbons (Fsp3) is 0.289. The van der Waals surface area contributed by atoms with E-state index >= 15 is 0 Å². The smallest absolute Gasteiger partial charge is 0.259 e. The fourth-order valence-corrected chi connectivity index (χ4v) is 5.98. The van der Waals surface area contributed by atoms with Crippen molar-refractivity contribution in [3.8, 4) is 11.4 Å². The fourth-order valence-electron chi connectivity index (χ4n) is 5.98. The zero-order valence-electron chi connectivity index (χ0n) is 26.4. The van der Waals surface area contributed by atoms with Crippen molar-refractivity contribution in [1.29, 1.82) is 0 Å². The third-order valence-corrected chi connectivity index (χ3v) is 8.65. The number of benzene rings is 4. The maximum Gasteiger partial charge on any atom is 0.259 e. The Hall–Kier alpha value is -4.75. The molecular formula is C38H41N5O2. The van der Waals surface area contributed by atoms with Gasteiger partial charge in [0.15, 0.2) is 0 Å². The summed E-state index contributed by atoms with van der Waals surface area (Å²) in [5.74, 6) is 0.272. The molecule has 0 saturated carbocycles. The molecule has 7 heteroatoms. The van der Waals surface area contributed by atoms with E-state index in [9.17, 15) is 4.79 Å². The second kappa shape index (κ2) is 13.9. The molecule has 6 rings (SSSR count). The number of amides is 1. The number of nitrogens with zero attached hydrogens (tertiary/aromatic N) is 4. The molecule has 1 aromatic heterocycles. The average molecular weight is 600 g/mol. The molecule has 1 aliphatic heterocycles. The molecule has 230 valence electrons. The predicted molar refractivity (Wildman–Crippen MR) is 179 cm³/mol. The van der Waals surface area contributed by atoms with E-state index in [2.05, 4.69) is 70.8 Å². The highest BCUT2D eigenvalue weighted by Gasteiger charge is 2.18. The van der Waals surface area contributed by atoms with Crippen molar-refractivity contribution in [1.82, 2.24) is 19.9 Å². The first kappa shape index (κ1) is 30.3. The van der Waals surface area contributed by atoms with Crippen molar-refractivity contribution in [2.75, 3.05) is 18.4 Å². The standard InChI is InChI=1S/C38H41N5O2/c1-4-29-22-31-19-21-42(24-32(31)23-30(29)5-2)20-18-28-12-16-35(17-13-28)43-25-34(40-41-43)26-45-37-9-7-6-8-36(37)38(44)39-33-14-10-27(3)11-15-33/h6-17,22-23,25H,4-5,18-21,24,26H2,1-3H3,(H,39,44). The van der Waals surface area contributed by atoms with Crippen LogP contribution >= 0.6 is 0 Å². The lowest BCUT2D eigenvalue weighted by Crippen LogP contribution is -2.32. The number of aromatic nitrogens is 3. The van der Waals surface area contributed by atoms with Crippen LogP contribution in [0.4, 0.5) is 5.69 Å². The van der Waals surface area contributed by atoms with Gasteiger partial charge in [-0.2, -0.15) is 0 Å². The quantitative estimate of drug-likeness (QED) is 0.175. The number of nitrogens with one attached hydrogen (secondary N) is 1. The van der Waals surface area contributed by atoms with Gasteiger partial charge in [-0.3, -0.25) is 9.69 Å². The topological polar surface area (TPSA) is 72.3 Å². The van der Waals surface area contributed by atoms with Crippen LogP contribution < -0.4 is 10.1 Å². The lowest BCUT2D eigenvalue weighted by atomic mass is 9.91. The molecule has 7 nitrogen and oxygen atoms in total. The first-order valence-electron chi connectivity index (χ1n) is 16.0. The van der Waals surface area contributed by atoms with Crippen molar-refractivity contribution in [2.24, 2.45) is 0 Å². The van der Waals surface area contributed by atoms with E-state index in [1.54, 1.807) is 16.8 Å². The van der Waals surface area contributed by atoms with E-state index in [1.807, 2.05) is 49.5 Å². The van der Waals surface area contributed by atoms with E-state index in [0.717, 1.165) is 62.3 Å². The van der Waals surface area contributed by atoms with Gasteiger partial charge in [0.2, 0.25) is 0 Å². The van der Waals surface area contributed by atoms with Crippen LogP contribution in [0.25, 0.3) is 5.69 Å². The van der Waals surface area contributed by atoms with Crippen molar-refractivity contribution in [2.45, 2.75) is 59.6 Å². The summed E-state index contributed by atoms with van der Waals surface area (Å²) >= 11 is 0. The maximum absolute atomic E-state index is 13.0. The van der Waals surface area contributed by atoms with E-state index in [4.69, 9.17) is 4.74 Å². The Morgan fingerprint density at radius 3 is 2.40 bits per heavy atom. The van der Waals surface area contributed by atoms with Crippen LogP contribution in [-0.4, -0.2) is 38.9 Å². The summed E-state index contributed by atoms with van der Waals surface area (Å²) in [6.07, 6.45) is 6.23. The molecule has 0 atom stereocenters. The van der Waals surface area contributed by atoms with Crippen LogP contribution in [0.1, 0.15) is 63.3 Å². The molecule has 1 aliphatic rings. The molecule has 0 saturated heterocycles. The summed E-state index contributed by atoms with van der Waals surface area (Å²) < 4.78 is 7.78. The summed E-state index contributed by atoms with van der Waals surface area (Å²) in [6.45, 7) is 9.93. The molecule has 0 fully saturated rings. The van der Waals surface area contributed by atoms with Gasteiger partial charge in [-0.1, -0.05) is 73.2 Å². The van der Waals surface area contributed by atoms with Crippen molar-refractivity contribution in [3.05, 3.63) is 136 Å². The molecule has 0 radical (unpaired) electrons. The molecular weight excluding hydrogens is 558 g/mol. The van der Waals surface area contributed by atoms with Gasteiger partial charge in [-0.25, -0.2) is 4.68 Å². The first-order chi connectivity index (χ1) is 22.0. The Balaban J connectivity index is 1.02. The van der Waals surface area contributed by atoms with Crippen molar-refractivity contribution in [3.63, 3.8) is 0 Å². The minimum absolute atomic E-state index is 0.200. The lowest BCUT2D eigenvalue weighted by Gasteiger charge is -2.30. The monoisotopic (exact) mass is 599 g/mol. The summed E-state index contributed by atoms with van der Waals surface area (Å²) in [5, 5.41) is 11.6. The van der Waals surface area contributed by atoms with Crippen LogP contribution in [0, 0.1) is 6.92 Å². The molecule has 0 unspecified atom stereocenters. The van der Waals surface area contributed by atoms with E-state index in [1.165, 1.54) is 27.8 Å². The van der Waals surface area contributed by atoms with Crippen molar-refractivity contribution >= 4 is 11.6 Å². The number of anilines is 1. The van der Waals surface area contributed by atoms with Crippen LogP contribution in [-0.2, 0) is 38.8 Å². The van der Waals surface area contributed by atoms with E-state index in [0.29, 0.717) is 17.0 Å². The third-order valence-electron chi connectivity index (χ3n) is 8.65. The highest BCUT2D eigenvalue weighted by Crippen LogP contribution is 2.25. The minimum Gasteiger partial charge on any atom is -0.486 e. The number of hydrogen-bond acceptors (Lipinski definition) is 5. The second-order valence-electron chi connectivity index (χ2n) is 11.8. The summed E-state index contributed by atoms with van der Waals surface area (Å²) in [6, 6.07) is 28.4. The molecule has 0 bridgehead atoms. The molecule has 1 N–H and O–H groups in total. The number of ether oxygens (including phenoxy) is 1. The Kier molecular flexibility index (Phi) is 9.36. The first-order valence-corrected chi connectivity index (χ1v) is 16.0. The summed E-state index contributed by atoms with van der Waals surface area (Å²) in [4.78, 5) is 15.5. The van der Waals surface area contributed by atoms with Gasteiger partial charge in [0.05, 0.1) is 17.4 Å². The summed E-state index contributed by atoms with van der Waals surface area (Å²) in [7, 11) is 0. The molecule has 0 spiro atoms.